The second-order valence-electron chi connectivity index (χ2n) is 5.16. The zero-order chi connectivity index (χ0) is 17.8. The van der Waals surface area contributed by atoms with Gasteiger partial charge in [-0.15, -0.1) is 11.8 Å². The normalized spacial score (nSPS) is 10.6. The van der Waals surface area contributed by atoms with E-state index in [0.29, 0.717) is 11.4 Å². The largest absolute Gasteiger partial charge is 0.467 e. The Morgan fingerprint density at radius 1 is 1.24 bits per heavy atom. The van der Waals surface area contributed by atoms with Crippen LogP contribution in [0.5, 0.6) is 0 Å². The Labute approximate surface area is 146 Å². The maximum Gasteiger partial charge on any atom is 0.328 e. The first-order chi connectivity index (χ1) is 12.1. The molecule has 25 heavy (non-hydrogen) atoms. The van der Waals surface area contributed by atoms with E-state index in [9.17, 15) is 14.4 Å². The molecule has 0 unspecified atom stereocenters. The second-order valence-corrected chi connectivity index (χ2v) is 6.04. The smallest absolute Gasteiger partial charge is 0.328 e. The number of nitrogens with zero attached hydrogens (tertiary/aromatic N) is 1. The summed E-state index contributed by atoms with van der Waals surface area (Å²) in [5.41, 5.74) is -0.883. The van der Waals surface area contributed by atoms with Crippen molar-refractivity contribution in [3.05, 3.63) is 81.0 Å². The summed E-state index contributed by atoms with van der Waals surface area (Å²) in [6.07, 6.45) is 4.52. The van der Waals surface area contributed by atoms with Gasteiger partial charge in [-0.2, -0.15) is 0 Å². The number of aromatic nitrogens is 2. The number of hydrogen-bond donors (Lipinski definition) is 2. The number of thioether (sulfide) groups is 1. The van der Waals surface area contributed by atoms with Crippen LogP contribution in [0.2, 0.25) is 0 Å². The third-order valence-electron chi connectivity index (χ3n) is 3.55. The molecule has 0 aliphatic rings. The zero-order valence-electron chi connectivity index (χ0n) is 13.3. The second kappa shape index (κ2) is 7.27. The van der Waals surface area contributed by atoms with E-state index in [1.54, 1.807) is 36.0 Å². The van der Waals surface area contributed by atoms with Gasteiger partial charge >= 0.3 is 5.69 Å². The molecule has 2 N–H and O–H groups in total. The van der Waals surface area contributed by atoms with Crippen LogP contribution in [-0.2, 0) is 6.54 Å². The number of H-pyrrole nitrogens is 1. The first-order valence-corrected chi connectivity index (χ1v) is 8.61. The van der Waals surface area contributed by atoms with E-state index in [2.05, 4.69) is 10.3 Å². The van der Waals surface area contributed by atoms with Gasteiger partial charge in [-0.05, 0) is 42.7 Å². The number of anilines is 1. The summed E-state index contributed by atoms with van der Waals surface area (Å²) < 4.78 is 6.07. The van der Waals surface area contributed by atoms with Crippen LogP contribution in [0.1, 0.15) is 16.1 Å². The molecule has 3 aromatic rings. The number of aromatic amines is 1. The molecule has 1 amide bonds. The Hall–Kier alpha value is -3.00. The van der Waals surface area contributed by atoms with Gasteiger partial charge in [0.15, 0.2) is 0 Å². The molecule has 0 atom stereocenters. The van der Waals surface area contributed by atoms with Crippen molar-refractivity contribution in [1.29, 1.82) is 0 Å². The zero-order valence-corrected chi connectivity index (χ0v) is 14.1. The van der Waals surface area contributed by atoms with Gasteiger partial charge in [0.2, 0.25) is 0 Å². The molecule has 0 saturated carbocycles. The standard InChI is InChI=1S/C17H15N3O4S/c1-25-13-6-4-11(5-7-13)19-15(21)14-9-18-17(23)20(16(14)22)10-12-3-2-8-24-12/h2-9H,10H2,1H3,(H,18,23)(H,19,21). The van der Waals surface area contributed by atoms with Crippen LogP contribution >= 0.6 is 11.8 Å². The Kier molecular flexibility index (Phi) is 4.90. The minimum Gasteiger partial charge on any atom is -0.467 e. The van der Waals surface area contributed by atoms with Gasteiger partial charge in [-0.1, -0.05) is 0 Å². The Balaban J connectivity index is 1.87. The first-order valence-electron chi connectivity index (χ1n) is 7.39. The number of furan rings is 1. The Morgan fingerprint density at radius 3 is 2.64 bits per heavy atom. The highest BCUT2D eigenvalue weighted by atomic mass is 32.2. The highest BCUT2D eigenvalue weighted by Gasteiger charge is 2.15. The van der Waals surface area contributed by atoms with Crippen molar-refractivity contribution in [3.63, 3.8) is 0 Å². The summed E-state index contributed by atoms with van der Waals surface area (Å²) in [7, 11) is 0. The molecular formula is C17H15N3O4S. The van der Waals surface area contributed by atoms with Gasteiger partial charge in [0.05, 0.1) is 12.8 Å². The Bertz CT molecular complexity index is 988. The maximum absolute atomic E-state index is 12.5. The Morgan fingerprint density at radius 2 is 2.00 bits per heavy atom. The molecule has 3 rings (SSSR count). The number of carbonyl (C=O) groups is 1. The van der Waals surface area contributed by atoms with E-state index in [4.69, 9.17) is 4.42 Å². The molecule has 0 saturated heterocycles. The van der Waals surface area contributed by atoms with Crippen LogP contribution in [0.25, 0.3) is 0 Å². The van der Waals surface area contributed by atoms with E-state index >= 15 is 0 Å². The van der Waals surface area contributed by atoms with Crippen LogP contribution in [0.15, 0.2) is 67.8 Å². The summed E-state index contributed by atoms with van der Waals surface area (Å²) in [6, 6.07) is 10.5. The average molecular weight is 357 g/mol. The molecule has 128 valence electrons. The third-order valence-corrected chi connectivity index (χ3v) is 4.29. The predicted octanol–water partition coefficient (Wildman–Crippen LogP) is 2.15. The summed E-state index contributed by atoms with van der Waals surface area (Å²) in [5.74, 6) is -0.149. The lowest BCUT2D eigenvalue weighted by molar-refractivity contribution is 0.102. The average Bonchev–Trinajstić information content (AvgIpc) is 3.12. The molecule has 0 radical (unpaired) electrons. The molecule has 0 aliphatic heterocycles. The van der Waals surface area contributed by atoms with E-state index in [-0.39, 0.29) is 12.1 Å². The number of amides is 1. The molecule has 0 bridgehead atoms. The topological polar surface area (TPSA) is 97.1 Å². The highest BCUT2D eigenvalue weighted by Crippen LogP contribution is 2.17. The molecule has 0 spiro atoms. The van der Waals surface area contributed by atoms with Gasteiger partial charge in [0, 0.05) is 16.8 Å². The van der Waals surface area contributed by atoms with Gasteiger partial charge in [-0.3, -0.25) is 14.2 Å². The van der Waals surface area contributed by atoms with Crippen molar-refractivity contribution >= 4 is 23.4 Å². The van der Waals surface area contributed by atoms with Crippen LogP contribution in [0.3, 0.4) is 0 Å². The molecule has 2 aromatic heterocycles. The number of rotatable bonds is 5. The van der Waals surface area contributed by atoms with Crippen molar-refractivity contribution in [2.45, 2.75) is 11.4 Å². The van der Waals surface area contributed by atoms with Crippen molar-refractivity contribution < 1.29 is 9.21 Å². The van der Waals surface area contributed by atoms with E-state index in [1.165, 1.54) is 6.26 Å². The van der Waals surface area contributed by atoms with Crippen molar-refractivity contribution in [2.75, 3.05) is 11.6 Å². The first kappa shape index (κ1) is 16.8. The van der Waals surface area contributed by atoms with E-state index in [0.717, 1.165) is 15.7 Å². The van der Waals surface area contributed by atoms with Crippen LogP contribution in [-0.4, -0.2) is 21.7 Å². The van der Waals surface area contributed by atoms with Crippen molar-refractivity contribution in [2.24, 2.45) is 0 Å². The van der Waals surface area contributed by atoms with E-state index in [1.807, 2.05) is 18.4 Å². The van der Waals surface area contributed by atoms with Gasteiger partial charge in [0.25, 0.3) is 11.5 Å². The molecular weight excluding hydrogens is 342 g/mol. The summed E-state index contributed by atoms with van der Waals surface area (Å²) >= 11 is 1.59. The summed E-state index contributed by atoms with van der Waals surface area (Å²) in [4.78, 5) is 40.2. The lowest BCUT2D eigenvalue weighted by Gasteiger charge is -2.07. The van der Waals surface area contributed by atoms with Crippen molar-refractivity contribution in [1.82, 2.24) is 9.55 Å². The minimum atomic E-state index is -0.682. The lowest BCUT2D eigenvalue weighted by atomic mass is 10.2. The number of carbonyl (C=O) groups excluding carboxylic acids is 1. The fourth-order valence-corrected chi connectivity index (χ4v) is 2.66. The monoisotopic (exact) mass is 357 g/mol. The maximum atomic E-state index is 12.5. The highest BCUT2D eigenvalue weighted by molar-refractivity contribution is 7.98. The molecule has 2 heterocycles. The molecule has 1 aromatic carbocycles. The fourth-order valence-electron chi connectivity index (χ4n) is 2.25. The third kappa shape index (κ3) is 3.74. The SMILES string of the molecule is CSc1ccc(NC(=O)c2c[nH]c(=O)n(Cc3ccco3)c2=O)cc1. The van der Waals surface area contributed by atoms with Crippen LogP contribution in [0.4, 0.5) is 5.69 Å². The lowest BCUT2D eigenvalue weighted by Crippen LogP contribution is -2.39. The van der Waals surface area contributed by atoms with Crippen LogP contribution < -0.4 is 16.6 Å². The number of hydrogen-bond acceptors (Lipinski definition) is 5. The van der Waals surface area contributed by atoms with Gasteiger partial charge in [0.1, 0.15) is 11.3 Å². The molecule has 8 heteroatoms. The van der Waals surface area contributed by atoms with E-state index < -0.39 is 17.2 Å². The fraction of sp³-hybridized carbons (Fsp3) is 0.118. The minimum absolute atomic E-state index is 0.0509. The molecule has 0 fully saturated rings. The number of benzene rings is 1. The molecule has 7 nitrogen and oxygen atoms in total. The summed E-state index contributed by atoms with van der Waals surface area (Å²) in [6.45, 7) is -0.0509. The summed E-state index contributed by atoms with van der Waals surface area (Å²) in [5, 5.41) is 2.65. The van der Waals surface area contributed by atoms with Crippen molar-refractivity contribution in [3.8, 4) is 0 Å². The van der Waals surface area contributed by atoms with Gasteiger partial charge in [-0.25, -0.2) is 4.79 Å². The van der Waals surface area contributed by atoms with Gasteiger partial charge < -0.3 is 14.7 Å². The number of nitrogens with one attached hydrogen (secondary N) is 2. The quantitative estimate of drug-likeness (QED) is 0.682. The molecule has 0 aliphatic carbocycles. The van der Waals surface area contributed by atoms with Crippen LogP contribution in [0, 0.1) is 0 Å². The predicted molar refractivity (Wildman–Crippen MR) is 95.3 cm³/mol.